The van der Waals surface area contributed by atoms with Gasteiger partial charge in [0.2, 0.25) is 11.9 Å². The fourth-order valence-electron chi connectivity index (χ4n) is 2.47. The van der Waals surface area contributed by atoms with E-state index in [0.717, 1.165) is 10.0 Å². The summed E-state index contributed by atoms with van der Waals surface area (Å²) in [5.41, 5.74) is 1.10. The summed E-state index contributed by atoms with van der Waals surface area (Å²) in [6.45, 7) is 3.73. The predicted molar refractivity (Wildman–Crippen MR) is 96.3 cm³/mol. The van der Waals surface area contributed by atoms with Crippen LogP contribution in [0.5, 0.6) is 0 Å². The van der Waals surface area contributed by atoms with Gasteiger partial charge in [-0.15, -0.1) is 17.5 Å². The van der Waals surface area contributed by atoms with E-state index in [1.165, 1.54) is 0 Å². The predicted octanol–water partition coefficient (Wildman–Crippen LogP) is 1.83. The van der Waals surface area contributed by atoms with Crippen LogP contribution in [-0.4, -0.2) is 46.0 Å². The van der Waals surface area contributed by atoms with Gasteiger partial charge in [0.1, 0.15) is 12.4 Å². The smallest absolute Gasteiger partial charge is 0.248 e. The number of carbonyl (C=O) groups is 1. The average molecular weight is 417 g/mol. The van der Waals surface area contributed by atoms with Crippen LogP contribution in [0.3, 0.4) is 0 Å². The van der Waals surface area contributed by atoms with Gasteiger partial charge in [-0.05, 0) is 24.6 Å². The lowest BCUT2D eigenvalue weighted by atomic mass is 10.1. The lowest BCUT2D eigenvalue weighted by Gasteiger charge is -2.28. The van der Waals surface area contributed by atoms with Gasteiger partial charge < -0.3 is 10.1 Å². The number of nitrogens with zero attached hydrogens (tertiary/aromatic N) is 3. The van der Waals surface area contributed by atoms with Crippen molar-refractivity contribution in [2.75, 3.05) is 18.5 Å². The third kappa shape index (κ3) is 4.76. The summed E-state index contributed by atoms with van der Waals surface area (Å²) >= 11 is 3.44. The molecule has 1 fully saturated rings. The quantitative estimate of drug-likeness (QED) is 0.795. The van der Waals surface area contributed by atoms with Gasteiger partial charge in [-0.1, -0.05) is 28.1 Å². The van der Waals surface area contributed by atoms with Crippen molar-refractivity contribution in [3.05, 3.63) is 40.6 Å². The lowest BCUT2D eigenvalue weighted by Crippen LogP contribution is -2.53. The molecule has 1 aromatic carbocycles. The monoisotopic (exact) mass is 415 g/mol. The van der Waals surface area contributed by atoms with E-state index in [-0.39, 0.29) is 30.5 Å². The zero-order chi connectivity index (χ0) is 16.2. The highest BCUT2D eigenvalue weighted by atomic mass is 79.9. The minimum absolute atomic E-state index is 0. The standard InChI is InChI=1S/C15H18BrN5O2.ClH/c1-10-13(17-5-6-23-10)14(22)19-15-18-9-21(20-15)8-11-3-2-4-12(16)7-11;/h2-4,7,9-10,13,17H,5-6,8H2,1H3,(H,19,20,22);1H/t10-,13+;/m1./s1. The van der Waals surface area contributed by atoms with Crippen LogP contribution in [0.2, 0.25) is 0 Å². The van der Waals surface area contributed by atoms with Crippen molar-refractivity contribution in [1.82, 2.24) is 20.1 Å². The zero-order valence-electron chi connectivity index (χ0n) is 13.1. The Kier molecular flexibility index (Phi) is 6.73. The molecule has 24 heavy (non-hydrogen) atoms. The largest absolute Gasteiger partial charge is 0.375 e. The maximum atomic E-state index is 12.2. The molecule has 9 heteroatoms. The summed E-state index contributed by atoms with van der Waals surface area (Å²) < 4.78 is 8.17. The Hall–Kier alpha value is -1.48. The number of morpholine rings is 1. The number of anilines is 1. The highest BCUT2D eigenvalue weighted by Crippen LogP contribution is 2.13. The van der Waals surface area contributed by atoms with Crippen molar-refractivity contribution >= 4 is 40.2 Å². The second-order valence-electron chi connectivity index (χ2n) is 5.39. The van der Waals surface area contributed by atoms with Gasteiger partial charge in [0.05, 0.1) is 19.3 Å². The molecule has 130 valence electrons. The Morgan fingerprint density at radius 2 is 2.38 bits per heavy atom. The summed E-state index contributed by atoms with van der Waals surface area (Å²) in [7, 11) is 0. The van der Waals surface area contributed by atoms with Gasteiger partial charge in [-0.2, -0.15) is 0 Å². The Labute approximate surface area is 154 Å². The summed E-state index contributed by atoms with van der Waals surface area (Å²) in [4.78, 5) is 16.4. The molecule has 0 unspecified atom stereocenters. The molecule has 0 bridgehead atoms. The van der Waals surface area contributed by atoms with E-state index < -0.39 is 0 Å². The Balaban J connectivity index is 0.00000208. The van der Waals surface area contributed by atoms with Crippen LogP contribution in [0, 0.1) is 0 Å². The van der Waals surface area contributed by atoms with Gasteiger partial charge in [-0.3, -0.25) is 10.1 Å². The molecule has 2 heterocycles. The van der Waals surface area contributed by atoms with Crippen molar-refractivity contribution in [3.8, 4) is 0 Å². The highest BCUT2D eigenvalue weighted by molar-refractivity contribution is 9.10. The molecular weight excluding hydrogens is 398 g/mol. The molecule has 1 aliphatic rings. The number of hydrogen-bond donors (Lipinski definition) is 2. The molecule has 2 aromatic rings. The van der Waals surface area contributed by atoms with Gasteiger partial charge in [0, 0.05) is 11.0 Å². The van der Waals surface area contributed by atoms with Crippen molar-refractivity contribution in [3.63, 3.8) is 0 Å². The van der Waals surface area contributed by atoms with Gasteiger partial charge in [0.15, 0.2) is 0 Å². The van der Waals surface area contributed by atoms with Crippen LogP contribution in [0.25, 0.3) is 0 Å². The number of carbonyl (C=O) groups excluding carboxylic acids is 1. The Morgan fingerprint density at radius 3 is 3.12 bits per heavy atom. The fourth-order valence-corrected chi connectivity index (χ4v) is 2.91. The fraction of sp³-hybridized carbons (Fsp3) is 0.400. The Bertz CT molecular complexity index is 696. The van der Waals surface area contributed by atoms with Gasteiger partial charge in [-0.25, -0.2) is 9.67 Å². The number of aromatic nitrogens is 3. The molecule has 7 nitrogen and oxygen atoms in total. The normalized spacial score (nSPS) is 20.2. The maximum absolute atomic E-state index is 12.2. The second-order valence-corrected chi connectivity index (χ2v) is 6.31. The first-order valence-corrected chi connectivity index (χ1v) is 8.21. The van der Waals surface area contributed by atoms with Crippen LogP contribution in [-0.2, 0) is 16.1 Å². The highest BCUT2D eigenvalue weighted by Gasteiger charge is 2.28. The number of amides is 1. The van der Waals surface area contributed by atoms with E-state index in [1.54, 1.807) is 11.0 Å². The van der Waals surface area contributed by atoms with E-state index in [4.69, 9.17) is 4.74 Å². The molecule has 0 spiro atoms. The third-order valence-electron chi connectivity index (χ3n) is 3.60. The van der Waals surface area contributed by atoms with Crippen molar-refractivity contribution < 1.29 is 9.53 Å². The molecule has 1 aliphatic heterocycles. The van der Waals surface area contributed by atoms with Crippen LogP contribution in [0.4, 0.5) is 5.95 Å². The van der Waals surface area contributed by atoms with E-state index in [0.29, 0.717) is 25.6 Å². The SMILES string of the molecule is C[C@H]1OCCN[C@@H]1C(=O)Nc1ncn(Cc2cccc(Br)c2)n1.Cl. The first-order chi connectivity index (χ1) is 11.1. The van der Waals surface area contributed by atoms with Crippen molar-refractivity contribution in [1.29, 1.82) is 0 Å². The van der Waals surface area contributed by atoms with E-state index in [9.17, 15) is 4.79 Å². The number of ether oxygens (including phenoxy) is 1. The molecule has 1 saturated heterocycles. The Morgan fingerprint density at radius 1 is 1.54 bits per heavy atom. The van der Waals surface area contributed by atoms with Crippen molar-refractivity contribution in [2.24, 2.45) is 0 Å². The molecule has 1 aromatic heterocycles. The number of rotatable bonds is 4. The number of benzene rings is 1. The summed E-state index contributed by atoms with van der Waals surface area (Å²) in [6.07, 6.45) is 1.43. The van der Waals surface area contributed by atoms with Gasteiger partial charge in [0.25, 0.3) is 0 Å². The first kappa shape index (κ1) is 18.9. The summed E-state index contributed by atoms with van der Waals surface area (Å²) in [6, 6.07) is 7.58. The topological polar surface area (TPSA) is 81.1 Å². The third-order valence-corrected chi connectivity index (χ3v) is 4.10. The van der Waals surface area contributed by atoms with Gasteiger partial charge >= 0.3 is 0 Å². The van der Waals surface area contributed by atoms with E-state index in [2.05, 4.69) is 36.6 Å². The molecule has 0 saturated carbocycles. The van der Waals surface area contributed by atoms with E-state index in [1.807, 2.05) is 31.2 Å². The lowest BCUT2D eigenvalue weighted by molar-refractivity contribution is -0.123. The molecule has 1 amide bonds. The zero-order valence-corrected chi connectivity index (χ0v) is 15.5. The van der Waals surface area contributed by atoms with Crippen LogP contribution in [0.1, 0.15) is 12.5 Å². The number of nitrogens with one attached hydrogen (secondary N) is 2. The molecule has 0 radical (unpaired) electrons. The van der Waals surface area contributed by atoms with Crippen molar-refractivity contribution in [2.45, 2.75) is 25.6 Å². The summed E-state index contributed by atoms with van der Waals surface area (Å²) in [5.74, 6) is 0.113. The minimum Gasteiger partial charge on any atom is -0.375 e. The average Bonchev–Trinajstić information content (AvgIpc) is 2.94. The molecule has 2 atom stereocenters. The molecular formula is C15H19BrClN5O2. The molecule has 0 aliphatic carbocycles. The molecule has 3 rings (SSSR count). The second kappa shape index (κ2) is 8.57. The minimum atomic E-state index is -0.388. The first-order valence-electron chi connectivity index (χ1n) is 7.41. The van der Waals surface area contributed by atoms with Crippen LogP contribution >= 0.6 is 28.3 Å². The summed E-state index contributed by atoms with van der Waals surface area (Å²) in [5, 5.41) is 10.1. The maximum Gasteiger partial charge on any atom is 0.248 e. The molecule has 2 N–H and O–H groups in total. The van der Waals surface area contributed by atoms with Crippen LogP contribution < -0.4 is 10.6 Å². The number of hydrogen-bond acceptors (Lipinski definition) is 5. The van der Waals surface area contributed by atoms with Crippen LogP contribution in [0.15, 0.2) is 35.1 Å². The van der Waals surface area contributed by atoms with E-state index >= 15 is 0 Å². The number of halogens is 2.